The third-order valence-electron chi connectivity index (χ3n) is 0.640. The number of nitrogens with one attached hydrogen (secondary N) is 1. The first kappa shape index (κ1) is 6.14. The van der Waals surface area contributed by atoms with Crippen molar-refractivity contribution in [1.29, 1.82) is 5.41 Å². The smallest absolute Gasteiger partial charge is 0.311 e. The van der Waals surface area contributed by atoms with Gasteiger partial charge >= 0.3 is 5.97 Å². The minimum atomic E-state index is -0.949. The molecule has 3 heteroatoms. The largest absolute Gasteiger partial charge is 0.481 e. The summed E-state index contributed by atoms with van der Waals surface area (Å²) in [5, 5.41) is 14.5. The molecule has 0 aromatic heterocycles. The second-order valence-electron chi connectivity index (χ2n) is 1.29. The molecule has 3 nitrogen and oxygen atoms in total. The average Bonchev–Trinajstić information content (AvgIpc) is 1.65. The van der Waals surface area contributed by atoms with Crippen LogP contribution in [0.15, 0.2) is 0 Å². The van der Waals surface area contributed by atoms with Crippen molar-refractivity contribution in [2.75, 3.05) is 0 Å². The third-order valence-corrected chi connectivity index (χ3v) is 0.640. The van der Waals surface area contributed by atoms with Crippen molar-refractivity contribution in [3.05, 3.63) is 0 Å². The summed E-state index contributed by atoms with van der Waals surface area (Å²) in [4.78, 5) is 9.78. The normalized spacial score (nSPS) is 12.7. The molecule has 0 aromatic rings. The molecular formula is C4H7NO2. The molecule has 0 saturated heterocycles. The highest BCUT2D eigenvalue weighted by molar-refractivity contribution is 5.86. The molecule has 40 valence electrons. The van der Waals surface area contributed by atoms with Crippen LogP contribution in [0.1, 0.15) is 6.92 Å². The van der Waals surface area contributed by atoms with E-state index in [-0.39, 0.29) is 0 Å². The van der Waals surface area contributed by atoms with E-state index in [0.29, 0.717) is 0 Å². The zero-order valence-electron chi connectivity index (χ0n) is 4.01. The van der Waals surface area contributed by atoms with Gasteiger partial charge in [-0.15, -0.1) is 0 Å². The predicted molar refractivity (Wildman–Crippen MR) is 25.6 cm³/mol. The molecule has 0 aliphatic heterocycles. The van der Waals surface area contributed by atoms with Gasteiger partial charge in [0.15, 0.2) is 0 Å². The van der Waals surface area contributed by atoms with E-state index in [1.165, 1.54) is 6.92 Å². The highest BCUT2D eigenvalue weighted by Gasteiger charge is 2.03. The van der Waals surface area contributed by atoms with Gasteiger partial charge in [-0.2, -0.15) is 0 Å². The van der Waals surface area contributed by atoms with Gasteiger partial charge in [0.05, 0.1) is 5.92 Å². The summed E-state index contributed by atoms with van der Waals surface area (Å²) < 4.78 is 0. The van der Waals surface area contributed by atoms with Crippen LogP contribution in [0.25, 0.3) is 0 Å². The van der Waals surface area contributed by atoms with Crippen LogP contribution < -0.4 is 0 Å². The number of carboxylic acids is 1. The van der Waals surface area contributed by atoms with Crippen LogP contribution in [-0.2, 0) is 4.79 Å². The first-order valence-electron chi connectivity index (χ1n) is 1.92. The molecule has 0 bridgehead atoms. The molecule has 0 saturated carbocycles. The molecule has 1 atom stereocenters. The van der Waals surface area contributed by atoms with E-state index in [1.54, 1.807) is 0 Å². The quantitative estimate of drug-likeness (QED) is 0.493. The van der Waals surface area contributed by atoms with E-state index >= 15 is 0 Å². The van der Waals surface area contributed by atoms with E-state index in [9.17, 15) is 4.79 Å². The Balaban J connectivity index is 3.55. The van der Waals surface area contributed by atoms with E-state index in [4.69, 9.17) is 10.5 Å². The van der Waals surface area contributed by atoms with Crippen LogP contribution in [-0.4, -0.2) is 17.3 Å². The van der Waals surface area contributed by atoms with E-state index in [1.807, 2.05) is 0 Å². The topological polar surface area (TPSA) is 61.2 Å². The van der Waals surface area contributed by atoms with Crippen molar-refractivity contribution < 1.29 is 9.90 Å². The van der Waals surface area contributed by atoms with Gasteiger partial charge < -0.3 is 10.5 Å². The highest BCUT2D eigenvalue weighted by atomic mass is 16.4. The van der Waals surface area contributed by atoms with Gasteiger partial charge in [0.2, 0.25) is 0 Å². The van der Waals surface area contributed by atoms with Crippen molar-refractivity contribution >= 4 is 12.2 Å². The lowest BCUT2D eigenvalue weighted by Gasteiger charge is -1.90. The van der Waals surface area contributed by atoms with E-state index in [2.05, 4.69) is 0 Å². The lowest BCUT2D eigenvalue weighted by atomic mass is 10.2. The van der Waals surface area contributed by atoms with Gasteiger partial charge in [-0.25, -0.2) is 0 Å². The fraction of sp³-hybridized carbons (Fsp3) is 0.500. The lowest BCUT2D eigenvalue weighted by Crippen LogP contribution is -2.09. The molecule has 0 amide bonds. The fourth-order valence-corrected chi connectivity index (χ4v) is 0.0713. The summed E-state index contributed by atoms with van der Waals surface area (Å²) in [7, 11) is 0. The number of carbonyl (C=O) groups is 1. The summed E-state index contributed by atoms with van der Waals surface area (Å²) in [5.74, 6) is -1.59. The molecule has 0 fully saturated rings. The van der Waals surface area contributed by atoms with Gasteiger partial charge in [-0.3, -0.25) is 4.79 Å². The molecule has 2 N–H and O–H groups in total. The van der Waals surface area contributed by atoms with E-state index in [0.717, 1.165) is 6.21 Å². The van der Waals surface area contributed by atoms with Gasteiger partial charge in [0, 0.05) is 6.21 Å². The molecular weight excluding hydrogens is 94.0 g/mol. The Hall–Kier alpha value is -0.860. The molecule has 0 radical (unpaired) electrons. The Labute approximate surface area is 41.5 Å². The van der Waals surface area contributed by atoms with Crippen molar-refractivity contribution in [3.8, 4) is 0 Å². The first-order valence-corrected chi connectivity index (χ1v) is 1.92. The Morgan fingerprint density at radius 2 is 2.43 bits per heavy atom. The van der Waals surface area contributed by atoms with Crippen molar-refractivity contribution in [1.82, 2.24) is 0 Å². The Bertz CT molecular complexity index is 89.7. The van der Waals surface area contributed by atoms with Gasteiger partial charge in [0.25, 0.3) is 0 Å². The SMILES string of the molecule is CC(C=N)C(=O)O. The van der Waals surface area contributed by atoms with Crippen LogP contribution in [0.2, 0.25) is 0 Å². The van der Waals surface area contributed by atoms with Crippen LogP contribution in [0, 0.1) is 11.3 Å². The molecule has 0 rings (SSSR count). The number of hydrogen-bond donors (Lipinski definition) is 2. The van der Waals surface area contributed by atoms with Crippen LogP contribution in [0.3, 0.4) is 0 Å². The standard InChI is InChI=1S/C4H7NO2/c1-3(2-5)4(6)7/h2-3,5H,1H3,(H,6,7). The maximum atomic E-state index is 9.78. The number of hydrogen-bond acceptors (Lipinski definition) is 2. The van der Waals surface area contributed by atoms with Gasteiger partial charge in [-0.1, -0.05) is 0 Å². The van der Waals surface area contributed by atoms with Crippen molar-refractivity contribution in [2.24, 2.45) is 5.92 Å². The van der Waals surface area contributed by atoms with E-state index < -0.39 is 11.9 Å². The minimum absolute atomic E-state index is 0.639. The summed E-state index contributed by atoms with van der Waals surface area (Å²) in [6.45, 7) is 1.45. The predicted octanol–water partition coefficient (Wildman–Crippen LogP) is 0.357. The summed E-state index contributed by atoms with van der Waals surface area (Å²) in [6, 6.07) is 0. The zero-order valence-corrected chi connectivity index (χ0v) is 4.01. The second kappa shape index (κ2) is 2.34. The Morgan fingerprint density at radius 1 is 2.00 bits per heavy atom. The number of aliphatic carboxylic acids is 1. The number of carboxylic acid groups (broad SMARTS) is 1. The zero-order chi connectivity index (χ0) is 5.86. The Kier molecular flexibility index (Phi) is 2.05. The average molecular weight is 101 g/mol. The van der Waals surface area contributed by atoms with Gasteiger partial charge in [-0.05, 0) is 6.92 Å². The Morgan fingerprint density at radius 3 is 2.43 bits per heavy atom. The second-order valence-corrected chi connectivity index (χ2v) is 1.29. The third kappa shape index (κ3) is 1.92. The molecule has 0 spiro atoms. The lowest BCUT2D eigenvalue weighted by molar-refractivity contribution is -0.138. The molecule has 0 heterocycles. The van der Waals surface area contributed by atoms with Crippen LogP contribution in [0.4, 0.5) is 0 Å². The maximum Gasteiger partial charge on any atom is 0.311 e. The van der Waals surface area contributed by atoms with Crippen LogP contribution in [0.5, 0.6) is 0 Å². The summed E-state index contributed by atoms with van der Waals surface area (Å²) >= 11 is 0. The van der Waals surface area contributed by atoms with Gasteiger partial charge in [0.1, 0.15) is 0 Å². The highest BCUT2D eigenvalue weighted by Crippen LogP contribution is 1.85. The maximum absolute atomic E-state index is 9.78. The molecule has 1 unspecified atom stereocenters. The first-order chi connectivity index (χ1) is 3.18. The molecule has 0 aliphatic carbocycles. The van der Waals surface area contributed by atoms with Crippen molar-refractivity contribution in [3.63, 3.8) is 0 Å². The number of rotatable bonds is 2. The van der Waals surface area contributed by atoms with Crippen LogP contribution >= 0.6 is 0 Å². The molecule has 0 aliphatic rings. The minimum Gasteiger partial charge on any atom is -0.481 e. The summed E-state index contributed by atoms with van der Waals surface area (Å²) in [5.41, 5.74) is 0. The monoisotopic (exact) mass is 101 g/mol. The van der Waals surface area contributed by atoms with Crippen molar-refractivity contribution in [2.45, 2.75) is 6.92 Å². The molecule has 7 heavy (non-hydrogen) atoms. The summed E-state index contributed by atoms with van der Waals surface area (Å²) in [6.07, 6.45) is 0.891. The molecule has 0 aromatic carbocycles. The fourth-order valence-electron chi connectivity index (χ4n) is 0.0713.